The first-order valence-electron chi connectivity index (χ1n) is 2.20. The van der Waals surface area contributed by atoms with Gasteiger partial charge in [-0.3, -0.25) is 0 Å². The molecule has 0 aromatic rings. The highest BCUT2D eigenvalue weighted by Crippen LogP contribution is 2.01. The molecule has 0 rings (SSSR count). The Labute approximate surface area is 48.4 Å². The predicted octanol–water partition coefficient (Wildman–Crippen LogP) is -0.0683. The van der Waals surface area contributed by atoms with Crippen molar-refractivity contribution >= 4 is 0 Å². The molecule has 8 heavy (non-hydrogen) atoms. The molecule has 0 amide bonds. The first-order valence-corrected chi connectivity index (χ1v) is 2.20. The van der Waals surface area contributed by atoms with Gasteiger partial charge in [-0.1, -0.05) is 0 Å². The molecule has 0 aliphatic rings. The van der Waals surface area contributed by atoms with Crippen LogP contribution in [0.3, 0.4) is 0 Å². The van der Waals surface area contributed by atoms with Gasteiger partial charge < -0.3 is 14.7 Å². The third-order valence-corrected chi connectivity index (χ3v) is 0.982. The highest BCUT2D eigenvalue weighted by molar-refractivity contribution is 4.46. The summed E-state index contributed by atoms with van der Waals surface area (Å²) in [7, 11) is 2.85. The van der Waals surface area contributed by atoms with Crippen molar-refractivity contribution in [2.24, 2.45) is 0 Å². The van der Waals surface area contributed by atoms with Gasteiger partial charge in [0, 0.05) is 21.1 Å². The maximum Gasteiger partial charge on any atom is 0.245 e. The summed E-state index contributed by atoms with van der Waals surface area (Å²) in [6, 6.07) is 0. The Hall–Kier alpha value is -0.160. The van der Waals surface area contributed by atoms with Crippen LogP contribution < -0.4 is 5.48 Å². The number of hydrogen-bond acceptors (Lipinski definition) is 4. The molecule has 0 aliphatic carbocycles. The molecule has 4 heteroatoms. The van der Waals surface area contributed by atoms with Gasteiger partial charge in [-0.05, 0) is 0 Å². The maximum absolute atomic E-state index is 8.29. The molecule has 0 spiro atoms. The van der Waals surface area contributed by atoms with Crippen molar-refractivity contribution in [2.45, 2.75) is 12.8 Å². The number of hydrogen-bond donors (Lipinski definition) is 2. The average molecular weight is 121 g/mol. The SMILES string of the molecule is COC(C)(NO)OC. The minimum Gasteiger partial charge on any atom is -0.339 e. The molecule has 0 bridgehead atoms. The summed E-state index contributed by atoms with van der Waals surface area (Å²) in [6.07, 6.45) is 0. The number of rotatable bonds is 3. The van der Waals surface area contributed by atoms with E-state index in [4.69, 9.17) is 5.21 Å². The van der Waals surface area contributed by atoms with Crippen molar-refractivity contribution < 1.29 is 14.7 Å². The van der Waals surface area contributed by atoms with E-state index < -0.39 is 5.91 Å². The van der Waals surface area contributed by atoms with Crippen LogP contribution in [0.2, 0.25) is 0 Å². The fraction of sp³-hybridized carbons (Fsp3) is 1.00. The fourth-order valence-corrected chi connectivity index (χ4v) is 0.175. The van der Waals surface area contributed by atoms with E-state index in [1.165, 1.54) is 14.2 Å². The highest BCUT2D eigenvalue weighted by Gasteiger charge is 2.19. The van der Waals surface area contributed by atoms with Gasteiger partial charge in [-0.2, -0.15) is 0 Å². The van der Waals surface area contributed by atoms with Crippen LogP contribution in [0, 0.1) is 0 Å². The summed E-state index contributed by atoms with van der Waals surface area (Å²) < 4.78 is 9.31. The second-order valence-corrected chi connectivity index (χ2v) is 1.47. The zero-order chi connectivity index (χ0) is 6.62. The van der Waals surface area contributed by atoms with Crippen molar-refractivity contribution in [1.29, 1.82) is 0 Å². The molecule has 0 atom stereocenters. The van der Waals surface area contributed by atoms with Crippen LogP contribution in [0.4, 0.5) is 0 Å². The summed E-state index contributed by atoms with van der Waals surface area (Å²) in [5, 5.41) is 8.29. The maximum atomic E-state index is 8.29. The van der Waals surface area contributed by atoms with Crippen LogP contribution in [0.15, 0.2) is 0 Å². The largest absolute Gasteiger partial charge is 0.339 e. The van der Waals surface area contributed by atoms with Crippen LogP contribution in [-0.4, -0.2) is 25.3 Å². The Kier molecular flexibility index (Phi) is 2.93. The lowest BCUT2D eigenvalue weighted by Gasteiger charge is -2.23. The number of nitrogens with one attached hydrogen (secondary N) is 1. The lowest BCUT2D eigenvalue weighted by molar-refractivity contribution is -0.261. The van der Waals surface area contributed by atoms with Crippen molar-refractivity contribution in [3.05, 3.63) is 0 Å². The van der Waals surface area contributed by atoms with Gasteiger partial charge in [0.1, 0.15) is 0 Å². The van der Waals surface area contributed by atoms with Crippen molar-refractivity contribution in [1.82, 2.24) is 5.48 Å². The quantitative estimate of drug-likeness (QED) is 0.405. The molecule has 4 nitrogen and oxygen atoms in total. The Morgan fingerprint density at radius 1 is 1.38 bits per heavy atom. The summed E-state index contributed by atoms with van der Waals surface area (Å²) in [4.78, 5) is 0. The third kappa shape index (κ3) is 1.75. The number of hydroxylamine groups is 1. The number of ether oxygens (including phenoxy) is 2. The van der Waals surface area contributed by atoms with Gasteiger partial charge in [-0.25, -0.2) is 0 Å². The Balaban J connectivity index is 3.58. The van der Waals surface area contributed by atoms with Gasteiger partial charge in [0.05, 0.1) is 0 Å². The van der Waals surface area contributed by atoms with E-state index in [0.717, 1.165) is 0 Å². The third-order valence-electron chi connectivity index (χ3n) is 0.982. The average Bonchev–Trinajstić information content (AvgIpc) is 1.87. The summed E-state index contributed by atoms with van der Waals surface area (Å²) in [5.74, 6) is -1.07. The van der Waals surface area contributed by atoms with Crippen molar-refractivity contribution in [2.75, 3.05) is 14.2 Å². The van der Waals surface area contributed by atoms with Crippen LogP contribution in [0.25, 0.3) is 0 Å². The van der Waals surface area contributed by atoms with E-state index in [1.54, 1.807) is 6.92 Å². The van der Waals surface area contributed by atoms with Gasteiger partial charge in [0.15, 0.2) is 0 Å². The van der Waals surface area contributed by atoms with E-state index in [0.29, 0.717) is 0 Å². The topological polar surface area (TPSA) is 50.7 Å². The van der Waals surface area contributed by atoms with Gasteiger partial charge in [0.2, 0.25) is 5.91 Å². The van der Waals surface area contributed by atoms with Crippen LogP contribution >= 0.6 is 0 Å². The van der Waals surface area contributed by atoms with Crippen LogP contribution in [0.1, 0.15) is 6.92 Å². The van der Waals surface area contributed by atoms with E-state index in [-0.39, 0.29) is 0 Å². The molecule has 0 saturated carbocycles. The van der Waals surface area contributed by atoms with Crippen molar-refractivity contribution in [3.63, 3.8) is 0 Å². The molecule has 0 aromatic carbocycles. The van der Waals surface area contributed by atoms with Gasteiger partial charge in [0.25, 0.3) is 0 Å². The zero-order valence-electron chi connectivity index (χ0n) is 5.26. The molecule has 50 valence electrons. The molecule has 0 fully saturated rings. The van der Waals surface area contributed by atoms with Gasteiger partial charge in [-0.15, -0.1) is 5.48 Å². The Bertz CT molecular complexity index is 54.0. The fourth-order valence-electron chi connectivity index (χ4n) is 0.175. The minimum atomic E-state index is -1.07. The molecule has 0 saturated heterocycles. The Morgan fingerprint density at radius 2 is 1.75 bits per heavy atom. The normalized spacial score (nSPS) is 12.0. The number of methoxy groups -OCH3 is 2. The summed E-state index contributed by atoms with van der Waals surface area (Å²) in [5.41, 5.74) is 1.83. The van der Waals surface area contributed by atoms with Crippen molar-refractivity contribution in [3.8, 4) is 0 Å². The second kappa shape index (κ2) is 2.99. The molecule has 2 N–H and O–H groups in total. The highest BCUT2D eigenvalue weighted by atomic mass is 16.7. The molecule has 0 radical (unpaired) electrons. The Morgan fingerprint density at radius 3 is 1.75 bits per heavy atom. The van der Waals surface area contributed by atoms with Crippen LogP contribution in [0.5, 0.6) is 0 Å². The summed E-state index contributed by atoms with van der Waals surface area (Å²) in [6.45, 7) is 1.55. The lowest BCUT2D eigenvalue weighted by Crippen LogP contribution is -2.43. The molecule has 0 aromatic heterocycles. The lowest BCUT2D eigenvalue weighted by atomic mass is 10.6. The minimum absolute atomic E-state index is 1.07. The molecular formula is C4H11NO3. The van der Waals surface area contributed by atoms with Gasteiger partial charge >= 0.3 is 0 Å². The van der Waals surface area contributed by atoms with E-state index in [1.807, 2.05) is 5.48 Å². The molecule has 0 heterocycles. The molecule has 0 aliphatic heterocycles. The second-order valence-electron chi connectivity index (χ2n) is 1.47. The smallest absolute Gasteiger partial charge is 0.245 e. The molecule has 0 unspecified atom stereocenters. The zero-order valence-corrected chi connectivity index (χ0v) is 5.26. The molecular weight excluding hydrogens is 110 g/mol. The van der Waals surface area contributed by atoms with Crippen LogP contribution in [-0.2, 0) is 9.47 Å². The monoisotopic (exact) mass is 121 g/mol. The predicted molar refractivity (Wildman–Crippen MR) is 27.3 cm³/mol. The van der Waals surface area contributed by atoms with E-state index in [2.05, 4.69) is 9.47 Å². The first-order chi connectivity index (χ1) is 3.68. The summed E-state index contributed by atoms with van der Waals surface area (Å²) >= 11 is 0. The standard InChI is InChI=1S/C4H11NO3/c1-4(5-6,7-2)8-3/h5-6H,1-3H3. The first kappa shape index (κ1) is 7.84. The van der Waals surface area contributed by atoms with E-state index in [9.17, 15) is 0 Å². The van der Waals surface area contributed by atoms with E-state index >= 15 is 0 Å².